The Bertz CT molecular complexity index is 865. The van der Waals surface area contributed by atoms with Gasteiger partial charge in [-0.25, -0.2) is 4.98 Å². The number of nitrogens with two attached hydrogens (primary N) is 1. The number of amides is 1. The van der Waals surface area contributed by atoms with E-state index < -0.39 is 0 Å². The number of hydrogen-bond acceptors (Lipinski definition) is 6. The second-order valence-electron chi connectivity index (χ2n) is 6.65. The highest BCUT2D eigenvalue weighted by molar-refractivity contribution is 6.32. The molecule has 0 saturated heterocycles. The molecule has 136 valence electrons. The summed E-state index contributed by atoms with van der Waals surface area (Å²) in [6.07, 6.45) is 10.3. The lowest BCUT2D eigenvalue weighted by atomic mass is 9.88. The maximum absolute atomic E-state index is 11.9. The molecule has 2 aliphatic rings. The smallest absolute Gasteiger partial charge is 0.229 e. The summed E-state index contributed by atoms with van der Waals surface area (Å²) in [6.45, 7) is 2.79. The van der Waals surface area contributed by atoms with Gasteiger partial charge in [-0.2, -0.15) is 10.1 Å². The fourth-order valence-electron chi connectivity index (χ4n) is 3.82. The number of carbonyl (C=O) groups is 1. The van der Waals surface area contributed by atoms with Crippen molar-refractivity contribution in [3.05, 3.63) is 35.8 Å². The van der Waals surface area contributed by atoms with Crippen LogP contribution in [-0.4, -0.2) is 31.7 Å². The number of nitrogens with one attached hydrogen (secondary N) is 2. The van der Waals surface area contributed by atoms with Gasteiger partial charge in [0.05, 0.1) is 24.0 Å². The van der Waals surface area contributed by atoms with Gasteiger partial charge in [0.25, 0.3) is 0 Å². The molecule has 0 unspecified atom stereocenters. The van der Waals surface area contributed by atoms with Gasteiger partial charge in [0.15, 0.2) is 5.82 Å². The number of rotatable bonds is 6. The summed E-state index contributed by atoms with van der Waals surface area (Å²) in [6, 6.07) is -0.106. The molecule has 2 heterocycles. The van der Waals surface area contributed by atoms with Crippen LogP contribution in [0.4, 0.5) is 17.5 Å². The normalized spacial score (nSPS) is 26.2. The number of aryl methyl sites for hydroxylation is 1. The Morgan fingerprint density at radius 2 is 2.19 bits per heavy atom. The predicted octanol–water partition coefficient (Wildman–Crippen LogP) is 2.18. The predicted molar refractivity (Wildman–Crippen MR) is 99.1 cm³/mol. The maximum atomic E-state index is 11.9. The summed E-state index contributed by atoms with van der Waals surface area (Å²) in [4.78, 5) is 20.6. The minimum atomic E-state index is -0.296. The minimum Gasteiger partial charge on any atom is -0.369 e. The summed E-state index contributed by atoms with van der Waals surface area (Å²) in [5.41, 5.74) is 6.40. The molecule has 2 aliphatic carbocycles. The summed E-state index contributed by atoms with van der Waals surface area (Å²) < 4.78 is 1.80. The van der Waals surface area contributed by atoms with Crippen molar-refractivity contribution in [1.29, 1.82) is 0 Å². The van der Waals surface area contributed by atoms with Crippen molar-refractivity contribution in [3.63, 3.8) is 0 Å². The topological polar surface area (TPSA) is 111 Å². The molecular weight excluding hydrogens is 354 g/mol. The Hall–Kier alpha value is -2.61. The van der Waals surface area contributed by atoms with Crippen molar-refractivity contribution in [2.75, 3.05) is 10.6 Å². The average Bonchev–Trinajstić information content (AvgIpc) is 3.33. The van der Waals surface area contributed by atoms with E-state index in [1.165, 1.54) is 6.20 Å². The first kappa shape index (κ1) is 16.8. The number of carbonyl (C=O) groups excluding carboxylic acids is 1. The molecule has 1 saturated carbocycles. The first-order valence-electron chi connectivity index (χ1n) is 8.61. The van der Waals surface area contributed by atoms with Gasteiger partial charge in [0.1, 0.15) is 5.02 Å². The number of aromatic nitrogens is 4. The van der Waals surface area contributed by atoms with Crippen LogP contribution in [0.2, 0.25) is 5.02 Å². The van der Waals surface area contributed by atoms with E-state index in [-0.39, 0.29) is 29.7 Å². The maximum Gasteiger partial charge on any atom is 0.229 e. The Balaban J connectivity index is 1.55. The van der Waals surface area contributed by atoms with E-state index in [9.17, 15) is 4.79 Å². The molecule has 4 atom stereocenters. The molecule has 2 aromatic rings. The highest BCUT2D eigenvalue weighted by Gasteiger charge is 2.47. The van der Waals surface area contributed by atoms with Gasteiger partial charge in [-0.3, -0.25) is 9.48 Å². The second-order valence-corrected chi connectivity index (χ2v) is 7.05. The largest absolute Gasteiger partial charge is 0.369 e. The van der Waals surface area contributed by atoms with E-state index in [1.54, 1.807) is 10.9 Å². The fourth-order valence-corrected chi connectivity index (χ4v) is 3.97. The van der Waals surface area contributed by atoms with Gasteiger partial charge in [0.2, 0.25) is 11.9 Å². The van der Waals surface area contributed by atoms with Gasteiger partial charge in [-0.1, -0.05) is 23.8 Å². The van der Waals surface area contributed by atoms with Crippen LogP contribution in [0.1, 0.15) is 13.3 Å². The molecule has 0 radical (unpaired) electrons. The highest BCUT2D eigenvalue weighted by Crippen LogP contribution is 2.45. The van der Waals surface area contributed by atoms with Crippen molar-refractivity contribution >= 4 is 35.0 Å². The van der Waals surface area contributed by atoms with Crippen LogP contribution in [0.25, 0.3) is 0 Å². The Morgan fingerprint density at radius 3 is 2.92 bits per heavy atom. The van der Waals surface area contributed by atoms with Crippen LogP contribution in [0.15, 0.2) is 30.7 Å². The van der Waals surface area contributed by atoms with E-state index >= 15 is 0 Å². The molecule has 1 fully saturated rings. The van der Waals surface area contributed by atoms with Crippen LogP contribution in [-0.2, 0) is 11.3 Å². The second kappa shape index (κ2) is 6.60. The van der Waals surface area contributed by atoms with Crippen molar-refractivity contribution in [3.8, 4) is 0 Å². The Morgan fingerprint density at radius 1 is 1.38 bits per heavy atom. The minimum absolute atomic E-state index is 0.106. The summed E-state index contributed by atoms with van der Waals surface area (Å²) in [5.74, 6) is 0.784. The lowest BCUT2D eigenvalue weighted by Crippen LogP contribution is -2.41. The molecule has 0 spiro atoms. The van der Waals surface area contributed by atoms with Gasteiger partial charge in [-0.05, 0) is 25.2 Å². The van der Waals surface area contributed by atoms with Crippen LogP contribution in [0.3, 0.4) is 0 Å². The Labute approximate surface area is 155 Å². The molecule has 0 aromatic carbocycles. The number of fused-ring (bicyclic) bond motifs is 2. The van der Waals surface area contributed by atoms with E-state index in [1.807, 2.05) is 13.1 Å². The standard InChI is InChI=1S/C17H20ClN7O/c1-2-25-8-11(6-21-25)22-17-20-7-12(18)16(24-17)23-14-10-4-3-9(5-10)13(14)15(19)26/h3-4,6-10,13-14H,2,5H2,1H3,(H2,19,26)(H2,20,22,23,24)/t9-,10+,13-,14+/m0/s1. The number of hydrogen-bond donors (Lipinski definition) is 3. The van der Waals surface area contributed by atoms with Crippen LogP contribution >= 0.6 is 11.6 Å². The third-order valence-corrected chi connectivity index (χ3v) is 5.33. The van der Waals surface area contributed by atoms with Crippen LogP contribution in [0, 0.1) is 17.8 Å². The molecule has 4 N–H and O–H groups in total. The van der Waals surface area contributed by atoms with Crippen molar-refractivity contribution in [2.45, 2.75) is 25.9 Å². The zero-order valence-electron chi connectivity index (χ0n) is 14.3. The fraction of sp³-hybridized carbons (Fsp3) is 0.412. The zero-order valence-corrected chi connectivity index (χ0v) is 15.0. The molecule has 0 aliphatic heterocycles. The first-order chi connectivity index (χ1) is 12.5. The molecule has 2 bridgehead atoms. The SMILES string of the molecule is CCn1cc(Nc2ncc(Cl)c(N[C@H]3[C@@H](C(N)=O)[C@H]4C=C[C@@H]3C4)n2)cn1. The first-order valence-corrected chi connectivity index (χ1v) is 8.99. The highest BCUT2D eigenvalue weighted by atomic mass is 35.5. The molecule has 4 rings (SSSR count). The van der Waals surface area contributed by atoms with Gasteiger partial charge >= 0.3 is 0 Å². The summed E-state index contributed by atoms with van der Waals surface area (Å²) >= 11 is 6.27. The molecule has 2 aromatic heterocycles. The van der Waals surface area contributed by atoms with Crippen LogP contribution < -0.4 is 16.4 Å². The number of anilines is 3. The number of halogens is 1. The quantitative estimate of drug-likeness (QED) is 0.669. The van der Waals surface area contributed by atoms with Crippen molar-refractivity contribution in [1.82, 2.24) is 19.7 Å². The summed E-state index contributed by atoms with van der Waals surface area (Å²) in [7, 11) is 0. The average molecular weight is 374 g/mol. The van der Waals surface area contributed by atoms with E-state index in [2.05, 4.69) is 37.9 Å². The Kier molecular flexibility index (Phi) is 4.28. The molecule has 8 nitrogen and oxygen atoms in total. The van der Waals surface area contributed by atoms with Gasteiger partial charge in [-0.15, -0.1) is 0 Å². The molecule has 26 heavy (non-hydrogen) atoms. The molecule has 1 amide bonds. The summed E-state index contributed by atoms with van der Waals surface area (Å²) in [5, 5.41) is 11.0. The number of allylic oxidation sites excluding steroid dienone is 1. The van der Waals surface area contributed by atoms with E-state index in [4.69, 9.17) is 17.3 Å². The third-order valence-electron chi connectivity index (χ3n) is 5.05. The van der Waals surface area contributed by atoms with Crippen molar-refractivity contribution in [2.24, 2.45) is 23.5 Å². The third kappa shape index (κ3) is 3.01. The van der Waals surface area contributed by atoms with Crippen LogP contribution in [0.5, 0.6) is 0 Å². The van der Waals surface area contributed by atoms with E-state index in [0.29, 0.717) is 16.8 Å². The van der Waals surface area contributed by atoms with E-state index in [0.717, 1.165) is 18.7 Å². The zero-order chi connectivity index (χ0) is 18.3. The van der Waals surface area contributed by atoms with Gasteiger partial charge in [0, 0.05) is 18.8 Å². The number of primary amides is 1. The monoisotopic (exact) mass is 373 g/mol. The lowest BCUT2D eigenvalue weighted by Gasteiger charge is -2.27. The van der Waals surface area contributed by atoms with Gasteiger partial charge < -0.3 is 16.4 Å². The number of nitrogens with zero attached hydrogens (tertiary/aromatic N) is 4. The molecular formula is C17H20ClN7O. The lowest BCUT2D eigenvalue weighted by molar-refractivity contribution is -0.122. The van der Waals surface area contributed by atoms with Crippen molar-refractivity contribution < 1.29 is 4.79 Å². The molecule has 9 heteroatoms.